The highest BCUT2D eigenvalue weighted by molar-refractivity contribution is 6.04. The molecule has 2 rings (SSSR count). The first-order valence-electron chi connectivity index (χ1n) is 8.82. The SMILES string of the molecule is CCCCCc1ccc(NC(=O)c2ccc(CNC(C)=O)cc2)cc1. The van der Waals surface area contributed by atoms with E-state index in [-0.39, 0.29) is 11.8 Å². The Balaban J connectivity index is 1.89. The molecule has 0 saturated carbocycles. The van der Waals surface area contributed by atoms with Crippen molar-refractivity contribution in [2.24, 2.45) is 0 Å². The molecule has 0 heterocycles. The monoisotopic (exact) mass is 338 g/mol. The van der Waals surface area contributed by atoms with Crippen molar-refractivity contribution >= 4 is 17.5 Å². The molecule has 2 aromatic rings. The molecule has 0 fully saturated rings. The number of anilines is 1. The van der Waals surface area contributed by atoms with Gasteiger partial charge in [0.25, 0.3) is 5.91 Å². The fourth-order valence-corrected chi connectivity index (χ4v) is 2.54. The van der Waals surface area contributed by atoms with Gasteiger partial charge >= 0.3 is 0 Å². The number of rotatable bonds is 8. The van der Waals surface area contributed by atoms with Gasteiger partial charge in [-0.25, -0.2) is 0 Å². The Morgan fingerprint density at radius 1 is 0.880 bits per heavy atom. The standard InChI is InChI=1S/C21H26N2O2/c1-3-4-5-6-17-9-13-20(14-10-17)23-21(25)19-11-7-18(8-12-19)15-22-16(2)24/h7-14H,3-6,15H2,1-2H3,(H,22,24)(H,23,25). The Morgan fingerprint density at radius 2 is 1.52 bits per heavy atom. The van der Waals surface area contributed by atoms with Crippen LogP contribution < -0.4 is 10.6 Å². The highest BCUT2D eigenvalue weighted by Gasteiger charge is 2.06. The number of carbonyl (C=O) groups excluding carboxylic acids is 2. The zero-order valence-electron chi connectivity index (χ0n) is 15.0. The van der Waals surface area contributed by atoms with Crippen molar-refractivity contribution < 1.29 is 9.59 Å². The van der Waals surface area contributed by atoms with Crippen LogP contribution in [-0.2, 0) is 17.8 Å². The second kappa shape index (κ2) is 9.62. The smallest absolute Gasteiger partial charge is 0.255 e. The van der Waals surface area contributed by atoms with Crippen LogP contribution in [0.1, 0.15) is 54.6 Å². The van der Waals surface area contributed by atoms with Crippen LogP contribution in [-0.4, -0.2) is 11.8 Å². The number of aryl methyl sites for hydroxylation is 1. The summed E-state index contributed by atoms with van der Waals surface area (Å²) in [4.78, 5) is 23.2. The molecule has 0 aromatic heterocycles. The van der Waals surface area contributed by atoms with Crippen LogP contribution in [0.4, 0.5) is 5.69 Å². The van der Waals surface area contributed by atoms with Gasteiger partial charge in [-0.05, 0) is 48.2 Å². The van der Waals surface area contributed by atoms with Crippen molar-refractivity contribution in [1.82, 2.24) is 5.32 Å². The van der Waals surface area contributed by atoms with Crippen LogP contribution in [0.15, 0.2) is 48.5 Å². The van der Waals surface area contributed by atoms with Crippen molar-refractivity contribution in [3.63, 3.8) is 0 Å². The van der Waals surface area contributed by atoms with E-state index >= 15 is 0 Å². The first-order valence-corrected chi connectivity index (χ1v) is 8.82. The van der Waals surface area contributed by atoms with Gasteiger partial charge < -0.3 is 10.6 Å². The van der Waals surface area contributed by atoms with Crippen LogP contribution in [0.3, 0.4) is 0 Å². The molecule has 4 heteroatoms. The number of hydrogen-bond acceptors (Lipinski definition) is 2. The predicted molar refractivity (Wildman–Crippen MR) is 102 cm³/mol. The topological polar surface area (TPSA) is 58.2 Å². The fraction of sp³-hybridized carbons (Fsp3) is 0.333. The van der Waals surface area contributed by atoms with Crippen molar-refractivity contribution in [1.29, 1.82) is 0 Å². The van der Waals surface area contributed by atoms with Crippen LogP contribution >= 0.6 is 0 Å². The summed E-state index contributed by atoms with van der Waals surface area (Å²) < 4.78 is 0. The quantitative estimate of drug-likeness (QED) is 0.705. The van der Waals surface area contributed by atoms with Crippen LogP contribution in [0, 0.1) is 0 Å². The maximum Gasteiger partial charge on any atom is 0.255 e. The Hall–Kier alpha value is -2.62. The lowest BCUT2D eigenvalue weighted by Crippen LogP contribution is -2.19. The largest absolute Gasteiger partial charge is 0.352 e. The molecular weight excluding hydrogens is 312 g/mol. The molecule has 0 aliphatic rings. The third kappa shape index (κ3) is 6.42. The molecule has 0 saturated heterocycles. The maximum absolute atomic E-state index is 12.3. The Labute approximate surface area is 149 Å². The van der Waals surface area contributed by atoms with Gasteiger partial charge in [0.2, 0.25) is 5.91 Å². The van der Waals surface area contributed by atoms with Gasteiger partial charge in [0, 0.05) is 24.7 Å². The van der Waals surface area contributed by atoms with Gasteiger partial charge in [0.15, 0.2) is 0 Å². The van der Waals surface area contributed by atoms with E-state index < -0.39 is 0 Å². The first kappa shape index (κ1) is 18.7. The van der Waals surface area contributed by atoms with Gasteiger partial charge in [0.1, 0.15) is 0 Å². The molecule has 2 amide bonds. The number of unbranched alkanes of at least 4 members (excludes halogenated alkanes) is 2. The van der Waals surface area contributed by atoms with E-state index in [0.717, 1.165) is 17.7 Å². The average Bonchev–Trinajstić information content (AvgIpc) is 2.62. The molecule has 0 aliphatic heterocycles. The van der Waals surface area contributed by atoms with Gasteiger partial charge in [-0.3, -0.25) is 9.59 Å². The molecule has 0 bridgehead atoms. The number of amides is 2. The third-order valence-electron chi connectivity index (χ3n) is 4.04. The lowest BCUT2D eigenvalue weighted by atomic mass is 10.1. The number of nitrogens with one attached hydrogen (secondary N) is 2. The third-order valence-corrected chi connectivity index (χ3v) is 4.04. The Morgan fingerprint density at radius 3 is 2.12 bits per heavy atom. The summed E-state index contributed by atoms with van der Waals surface area (Å²) >= 11 is 0. The summed E-state index contributed by atoms with van der Waals surface area (Å²) in [5, 5.41) is 5.65. The van der Waals surface area contributed by atoms with Gasteiger partial charge in [-0.15, -0.1) is 0 Å². The average molecular weight is 338 g/mol. The van der Waals surface area contributed by atoms with E-state index in [1.807, 2.05) is 24.3 Å². The number of carbonyl (C=O) groups is 2. The van der Waals surface area contributed by atoms with Crippen LogP contribution in [0.2, 0.25) is 0 Å². The molecule has 0 unspecified atom stereocenters. The predicted octanol–water partition coefficient (Wildman–Crippen LogP) is 4.31. The summed E-state index contributed by atoms with van der Waals surface area (Å²) in [6.07, 6.45) is 4.75. The normalized spacial score (nSPS) is 10.3. The zero-order valence-corrected chi connectivity index (χ0v) is 15.0. The minimum absolute atomic E-state index is 0.0695. The van der Waals surface area contributed by atoms with Crippen molar-refractivity contribution in [2.75, 3.05) is 5.32 Å². The van der Waals surface area contributed by atoms with Gasteiger partial charge in [0.05, 0.1) is 0 Å². The molecular formula is C21H26N2O2. The minimum atomic E-state index is -0.134. The van der Waals surface area contributed by atoms with E-state index in [4.69, 9.17) is 0 Å². The summed E-state index contributed by atoms with van der Waals surface area (Å²) in [5.41, 5.74) is 3.65. The van der Waals surface area contributed by atoms with Gasteiger partial charge in [-0.2, -0.15) is 0 Å². The summed E-state index contributed by atoms with van der Waals surface area (Å²) in [6.45, 7) is 4.15. The van der Waals surface area contributed by atoms with Crippen molar-refractivity contribution in [3.8, 4) is 0 Å². The number of benzene rings is 2. The zero-order chi connectivity index (χ0) is 18.1. The Bertz CT molecular complexity index is 691. The minimum Gasteiger partial charge on any atom is -0.352 e. The van der Waals surface area contributed by atoms with Crippen LogP contribution in [0.25, 0.3) is 0 Å². The van der Waals surface area contributed by atoms with Crippen molar-refractivity contribution in [3.05, 3.63) is 65.2 Å². The van der Waals surface area contributed by atoms with E-state index in [0.29, 0.717) is 12.1 Å². The lowest BCUT2D eigenvalue weighted by Gasteiger charge is -2.08. The summed E-state index contributed by atoms with van der Waals surface area (Å²) in [7, 11) is 0. The van der Waals surface area contributed by atoms with Gasteiger partial charge in [-0.1, -0.05) is 44.0 Å². The molecule has 132 valence electrons. The molecule has 0 aliphatic carbocycles. The van der Waals surface area contributed by atoms with Crippen molar-refractivity contribution in [2.45, 2.75) is 46.1 Å². The summed E-state index contributed by atoms with van der Waals surface area (Å²) in [6, 6.07) is 15.3. The second-order valence-electron chi connectivity index (χ2n) is 6.21. The highest BCUT2D eigenvalue weighted by Crippen LogP contribution is 2.14. The summed E-state index contributed by atoms with van der Waals surface area (Å²) in [5.74, 6) is -0.204. The molecule has 0 radical (unpaired) electrons. The molecule has 4 nitrogen and oxygen atoms in total. The Kier molecular flexibility index (Phi) is 7.20. The molecule has 2 aromatic carbocycles. The van der Waals surface area contributed by atoms with Crippen LogP contribution in [0.5, 0.6) is 0 Å². The molecule has 0 atom stereocenters. The highest BCUT2D eigenvalue weighted by atomic mass is 16.2. The molecule has 0 spiro atoms. The second-order valence-corrected chi connectivity index (χ2v) is 6.21. The van der Waals surface area contributed by atoms with E-state index in [1.54, 1.807) is 12.1 Å². The lowest BCUT2D eigenvalue weighted by molar-refractivity contribution is -0.119. The molecule has 2 N–H and O–H groups in total. The van der Waals surface area contributed by atoms with E-state index in [9.17, 15) is 9.59 Å². The van der Waals surface area contributed by atoms with E-state index in [2.05, 4.69) is 29.7 Å². The maximum atomic E-state index is 12.3. The first-order chi connectivity index (χ1) is 12.1. The number of hydrogen-bond donors (Lipinski definition) is 2. The fourth-order valence-electron chi connectivity index (χ4n) is 2.54. The molecule has 25 heavy (non-hydrogen) atoms. The van der Waals surface area contributed by atoms with E-state index in [1.165, 1.54) is 31.7 Å².